The van der Waals surface area contributed by atoms with E-state index in [1.54, 1.807) is 0 Å². The van der Waals surface area contributed by atoms with Gasteiger partial charge in [0.05, 0.1) is 0 Å². The molecule has 78 valence electrons. The molecule has 0 N–H and O–H groups in total. The molecular formula is C14H9ClSe. The molecule has 0 aliphatic carbocycles. The molecule has 0 heterocycles. The Hall–Kier alpha value is -1.01. The first-order valence-corrected chi connectivity index (χ1v) is 8.19. The summed E-state index contributed by atoms with van der Waals surface area (Å²) in [5.74, 6) is 0. The third-order valence-electron chi connectivity index (χ3n) is 2.79. The molecule has 3 aromatic carbocycles. The van der Waals surface area contributed by atoms with E-state index in [0.717, 1.165) is 0 Å². The summed E-state index contributed by atoms with van der Waals surface area (Å²) in [6, 6.07) is 19.3. The average molecular weight is 292 g/mol. The van der Waals surface area contributed by atoms with Crippen molar-refractivity contribution in [2.75, 3.05) is 0 Å². The van der Waals surface area contributed by atoms with Gasteiger partial charge in [-0.25, -0.2) is 0 Å². The van der Waals surface area contributed by atoms with Gasteiger partial charge in [-0.3, -0.25) is 0 Å². The van der Waals surface area contributed by atoms with Crippen LogP contribution in [0.2, 0.25) is 0 Å². The quantitative estimate of drug-likeness (QED) is 0.476. The van der Waals surface area contributed by atoms with Crippen molar-refractivity contribution < 1.29 is 0 Å². The Kier molecular flexibility index (Phi) is 2.61. The molecule has 0 aliphatic heterocycles. The zero-order valence-corrected chi connectivity index (χ0v) is 11.0. The van der Waals surface area contributed by atoms with Gasteiger partial charge < -0.3 is 0 Å². The number of benzene rings is 3. The second-order valence-corrected chi connectivity index (χ2v) is 5.80. The van der Waals surface area contributed by atoms with E-state index in [-0.39, 0.29) is 14.0 Å². The Morgan fingerprint density at radius 3 is 2.19 bits per heavy atom. The first kappa shape index (κ1) is 10.2. The SMILES string of the molecule is Cl[Se]c1cccc2cc3ccccc3cc12. The molecule has 0 amide bonds. The Morgan fingerprint density at radius 2 is 1.44 bits per heavy atom. The molecule has 0 radical (unpaired) electrons. The van der Waals surface area contributed by atoms with Gasteiger partial charge in [0.25, 0.3) is 0 Å². The number of fused-ring (bicyclic) bond motifs is 2. The Bertz CT molecular complexity index is 661. The van der Waals surface area contributed by atoms with Crippen molar-refractivity contribution in [3.05, 3.63) is 54.6 Å². The molecule has 3 aromatic rings. The van der Waals surface area contributed by atoms with Crippen molar-refractivity contribution in [2.45, 2.75) is 0 Å². The van der Waals surface area contributed by atoms with Crippen LogP contribution in [0.15, 0.2) is 54.6 Å². The van der Waals surface area contributed by atoms with Gasteiger partial charge in [0.15, 0.2) is 0 Å². The molecule has 0 atom stereocenters. The fourth-order valence-electron chi connectivity index (χ4n) is 2.01. The van der Waals surface area contributed by atoms with Crippen molar-refractivity contribution in [1.29, 1.82) is 0 Å². The summed E-state index contributed by atoms with van der Waals surface area (Å²) in [5, 5.41) is 5.13. The summed E-state index contributed by atoms with van der Waals surface area (Å²) < 4.78 is 1.26. The summed E-state index contributed by atoms with van der Waals surface area (Å²) >= 11 is 0.0297. The van der Waals surface area contributed by atoms with Crippen LogP contribution in [0, 0.1) is 0 Å². The van der Waals surface area contributed by atoms with Gasteiger partial charge in [0.2, 0.25) is 0 Å². The summed E-state index contributed by atoms with van der Waals surface area (Å²) in [4.78, 5) is 0. The van der Waals surface area contributed by atoms with E-state index in [2.05, 4.69) is 54.6 Å². The molecule has 2 heteroatoms. The first-order valence-electron chi connectivity index (χ1n) is 5.08. The molecule has 0 saturated heterocycles. The number of hydrogen-bond donors (Lipinski definition) is 0. The Morgan fingerprint density at radius 1 is 0.750 bits per heavy atom. The zero-order chi connectivity index (χ0) is 11.0. The van der Waals surface area contributed by atoms with E-state index in [0.29, 0.717) is 0 Å². The predicted octanol–water partition coefficient (Wildman–Crippen LogP) is 3.48. The van der Waals surface area contributed by atoms with Crippen LogP contribution in [0.25, 0.3) is 21.5 Å². The van der Waals surface area contributed by atoms with Crippen LogP contribution in [0.5, 0.6) is 0 Å². The van der Waals surface area contributed by atoms with Crippen molar-refractivity contribution in [1.82, 2.24) is 0 Å². The summed E-state index contributed by atoms with van der Waals surface area (Å²) in [6.07, 6.45) is 0. The topological polar surface area (TPSA) is 0 Å². The predicted molar refractivity (Wildman–Crippen MR) is 72.7 cm³/mol. The molecule has 0 aliphatic rings. The zero-order valence-electron chi connectivity index (χ0n) is 8.48. The van der Waals surface area contributed by atoms with Gasteiger partial charge in [0.1, 0.15) is 0 Å². The molecule has 0 unspecified atom stereocenters. The van der Waals surface area contributed by atoms with E-state index in [9.17, 15) is 0 Å². The van der Waals surface area contributed by atoms with Crippen molar-refractivity contribution in [2.24, 2.45) is 0 Å². The van der Waals surface area contributed by atoms with E-state index in [1.807, 2.05) is 0 Å². The number of rotatable bonds is 1. The van der Waals surface area contributed by atoms with Crippen LogP contribution in [-0.4, -0.2) is 14.0 Å². The molecule has 0 saturated carbocycles. The van der Waals surface area contributed by atoms with E-state index < -0.39 is 0 Å². The van der Waals surface area contributed by atoms with Crippen LogP contribution in [0.4, 0.5) is 0 Å². The normalized spacial score (nSPS) is 11.1. The van der Waals surface area contributed by atoms with Gasteiger partial charge in [-0.2, -0.15) is 0 Å². The molecule has 0 fully saturated rings. The summed E-state index contributed by atoms with van der Waals surface area (Å²) in [6.45, 7) is 0. The molecular weight excluding hydrogens is 283 g/mol. The van der Waals surface area contributed by atoms with Crippen LogP contribution in [0.3, 0.4) is 0 Å². The van der Waals surface area contributed by atoms with Gasteiger partial charge in [-0.05, 0) is 0 Å². The fraction of sp³-hybridized carbons (Fsp3) is 0. The monoisotopic (exact) mass is 292 g/mol. The second-order valence-electron chi connectivity index (χ2n) is 3.75. The maximum atomic E-state index is 6.02. The van der Waals surface area contributed by atoms with Crippen LogP contribution in [0.1, 0.15) is 0 Å². The van der Waals surface area contributed by atoms with Crippen molar-refractivity contribution in [3.8, 4) is 0 Å². The third kappa shape index (κ3) is 1.62. The second kappa shape index (κ2) is 4.10. The van der Waals surface area contributed by atoms with Crippen LogP contribution in [-0.2, 0) is 0 Å². The molecule has 16 heavy (non-hydrogen) atoms. The van der Waals surface area contributed by atoms with Gasteiger partial charge in [-0.1, -0.05) is 0 Å². The van der Waals surface area contributed by atoms with E-state index in [4.69, 9.17) is 10.1 Å². The van der Waals surface area contributed by atoms with Crippen molar-refractivity contribution >= 4 is 50.1 Å². The maximum absolute atomic E-state index is 6.02. The number of halogens is 1. The molecule has 3 rings (SSSR count). The average Bonchev–Trinajstić information content (AvgIpc) is 2.35. The minimum atomic E-state index is 0.0297. The summed E-state index contributed by atoms with van der Waals surface area (Å²) in [5.41, 5.74) is 0. The molecule has 0 spiro atoms. The fourth-order valence-corrected chi connectivity index (χ4v) is 3.52. The van der Waals surface area contributed by atoms with Gasteiger partial charge in [0, 0.05) is 0 Å². The van der Waals surface area contributed by atoms with E-state index in [1.165, 1.54) is 26.0 Å². The molecule has 0 nitrogen and oxygen atoms in total. The van der Waals surface area contributed by atoms with Crippen LogP contribution >= 0.6 is 10.1 Å². The molecule has 0 aromatic heterocycles. The number of hydrogen-bond acceptors (Lipinski definition) is 0. The Labute approximate surface area is 105 Å². The van der Waals surface area contributed by atoms with Crippen molar-refractivity contribution in [3.63, 3.8) is 0 Å². The Balaban J connectivity index is 2.46. The standard InChI is InChI=1S/C14H9ClSe/c15-16-14-7-3-6-12-8-10-4-1-2-5-11(10)9-13(12)14/h1-9H. The first-order chi connectivity index (χ1) is 7.88. The van der Waals surface area contributed by atoms with Gasteiger partial charge >= 0.3 is 105 Å². The van der Waals surface area contributed by atoms with Gasteiger partial charge in [-0.15, -0.1) is 0 Å². The van der Waals surface area contributed by atoms with E-state index >= 15 is 0 Å². The minimum absolute atomic E-state index is 0.0297. The third-order valence-corrected chi connectivity index (χ3v) is 4.75. The molecule has 0 bridgehead atoms. The van der Waals surface area contributed by atoms with Crippen LogP contribution < -0.4 is 4.46 Å². The summed E-state index contributed by atoms with van der Waals surface area (Å²) in [7, 11) is 6.02.